The molecule has 13 nitrogen and oxygen atoms in total. The number of benzene rings is 2. The smallest absolute Gasteiger partial charge is 0.408 e. The van der Waals surface area contributed by atoms with E-state index in [1.807, 2.05) is 5.32 Å². The molecule has 2 aromatic rings. The van der Waals surface area contributed by atoms with Crippen molar-refractivity contribution < 1.29 is 39.0 Å². The molecule has 0 aliphatic heterocycles. The molecule has 7 N–H and O–H groups in total. The number of hydroxylamine groups is 1. The molecule has 0 aromatic heterocycles. The Labute approximate surface area is 224 Å². The van der Waals surface area contributed by atoms with Gasteiger partial charge in [-0.3, -0.25) is 19.6 Å². The standard InChI is InChI=1S/C26H29N5O8/c1-26(2,3)39-25(37)28-15-21(32)29-19-12-8-17(9-13-19)5-4-16-6-10-18(11-7-16)22(33)30-20(23(34)31-38)14-27-24(35)36/h6-13,20,27,38H,14-15H2,1-3H3,(H,28,37)(H,29,32)(H,30,33)(H,31,34)(H,35,36)/t20-/m0/s1. The van der Waals surface area contributed by atoms with Crippen LogP contribution in [0.25, 0.3) is 0 Å². The first-order valence-corrected chi connectivity index (χ1v) is 11.6. The molecular weight excluding hydrogens is 510 g/mol. The first kappa shape index (κ1) is 30.1. The van der Waals surface area contributed by atoms with E-state index in [-0.39, 0.29) is 12.1 Å². The summed E-state index contributed by atoms with van der Waals surface area (Å²) in [6.45, 7) is 4.46. The number of carboxylic acid groups (broad SMARTS) is 1. The largest absolute Gasteiger partial charge is 0.465 e. The normalized spacial score (nSPS) is 11.1. The molecule has 0 saturated carbocycles. The van der Waals surface area contributed by atoms with Crippen LogP contribution in [0.2, 0.25) is 0 Å². The fraction of sp³-hybridized carbons (Fsp3) is 0.269. The topological polar surface area (TPSA) is 195 Å². The van der Waals surface area contributed by atoms with Crippen LogP contribution in [0.1, 0.15) is 42.3 Å². The highest BCUT2D eigenvalue weighted by molar-refractivity contribution is 5.97. The Kier molecular flexibility index (Phi) is 10.8. The lowest BCUT2D eigenvalue weighted by Gasteiger charge is -2.19. The van der Waals surface area contributed by atoms with Crippen LogP contribution < -0.4 is 26.7 Å². The number of ether oxygens (including phenoxy) is 1. The molecule has 0 aliphatic rings. The summed E-state index contributed by atoms with van der Waals surface area (Å²) in [4.78, 5) is 58.4. The van der Waals surface area contributed by atoms with Gasteiger partial charge < -0.3 is 31.1 Å². The average Bonchev–Trinajstić information content (AvgIpc) is 2.88. The number of hydrogen-bond acceptors (Lipinski definition) is 7. The molecule has 2 aromatic carbocycles. The molecule has 0 fully saturated rings. The van der Waals surface area contributed by atoms with E-state index in [4.69, 9.17) is 15.1 Å². The number of carbonyl (C=O) groups excluding carboxylic acids is 4. The molecule has 13 heteroatoms. The van der Waals surface area contributed by atoms with Crippen molar-refractivity contribution in [2.45, 2.75) is 32.4 Å². The molecular formula is C26H29N5O8. The van der Waals surface area contributed by atoms with E-state index in [0.29, 0.717) is 16.8 Å². The molecule has 5 amide bonds. The lowest BCUT2D eigenvalue weighted by atomic mass is 10.1. The third-order valence-corrected chi connectivity index (χ3v) is 4.65. The van der Waals surface area contributed by atoms with E-state index in [2.05, 4.69) is 27.8 Å². The van der Waals surface area contributed by atoms with Gasteiger partial charge in [0, 0.05) is 22.4 Å². The molecule has 39 heavy (non-hydrogen) atoms. The van der Waals surface area contributed by atoms with Gasteiger partial charge in [0.05, 0.1) is 6.54 Å². The van der Waals surface area contributed by atoms with Gasteiger partial charge in [-0.15, -0.1) is 0 Å². The molecule has 0 radical (unpaired) electrons. The van der Waals surface area contributed by atoms with E-state index in [9.17, 15) is 24.0 Å². The van der Waals surface area contributed by atoms with Crippen molar-refractivity contribution in [1.82, 2.24) is 21.4 Å². The Bertz CT molecular complexity index is 1260. The van der Waals surface area contributed by atoms with Crippen molar-refractivity contribution in [3.8, 4) is 11.8 Å². The van der Waals surface area contributed by atoms with Crippen LogP contribution in [-0.2, 0) is 14.3 Å². The maximum Gasteiger partial charge on any atom is 0.408 e. The van der Waals surface area contributed by atoms with Gasteiger partial charge in [-0.05, 0) is 69.3 Å². The van der Waals surface area contributed by atoms with Crippen molar-refractivity contribution in [3.05, 3.63) is 65.2 Å². The van der Waals surface area contributed by atoms with Gasteiger partial charge in [0.1, 0.15) is 18.2 Å². The third-order valence-electron chi connectivity index (χ3n) is 4.65. The van der Waals surface area contributed by atoms with Gasteiger partial charge in [-0.1, -0.05) is 11.8 Å². The van der Waals surface area contributed by atoms with Crippen LogP contribution >= 0.6 is 0 Å². The number of anilines is 1. The minimum Gasteiger partial charge on any atom is -0.465 e. The highest BCUT2D eigenvalue weighted by Gasteiger charge is 2.22. The summed E-state index contributed by atoms with van der Waals surface area (Å²) in [5.41, 5.74) is 2.65. The van der Waals surface area contributed by atoms with Crippen molar-refractivity contribution in [2.24, 2.45) is 0 Å². The van der Waals surface area contributed by atoms with Crippen molar-refractivity contribution in [1.29, 1.82) is 0 Å². The van der Waals surface area contributed by atoms with Gasteiger partial charge in [-0.2, -0.15) is 0 Å². The molecule has 0 heterocycles. The van der Waals surface area contributed by atoms with Crippen LogP contribution in [0.15, 0.2) is 48.5 Å². The second kappa shape index (κ2) is 14.0. The van der Waals surface area contributed by atoms with Gasteiger partial charge in [0.2, 0.25) is 5.91 Å². The maximum absolute atomic E-state index is 12.4. The summed E-state index contributed by atoms with van der Waals surface area (Å²) < 4.78 is 5.07. The predicted octanol–water partition coefficient (Wildman–Crippen LogP) is 1.42. The first-order valence-electron chi connectivity index (χ1n) is 11.6. The van der Waals surface area contributed by atoms with Crippen molar-refractivity contribution >= 4 is 35.6 Å². The van der Waals surface area contributed by atoms with Crippen LogP contribution in [0.3, 0.4) is 0 Å². The summed E-state index contributed by atoms with van der Waals surface area (Å²) in [5.74, 6) is 3.82. The van der Waals surface area contributed by atoms with Crippen molar-refractivity contribution in [2.75, 3.05) is 18.4 Å². The second-order valence-corrected chi connectivity index (χ2v) is 9.00. The van der Waals surface area contributed by atoms with Gasteiger partial charge in [0.15, 0.2) is 0 Å². The second-order valence-electron chi connectivity index (χ2n) is 9.00. The highest BCUT2D eigenvalue weighted by atomic mass is 16.6. The van der Waals surface area contributed by atoms with E-state index in [0.717, 1.165) is 0 Å². The number of rotatable bonds is 8. The summed E-state index contributed by atoms with van der Waals surface area (Å²) in [6.07, 6.45) is -2.09. The number of nitrogens with one attached hydrogen (secondary N) is 5. The van der Waals surface area contributed by atoms with E-state index >= 15 is 0 Å². The summed E-state index contributed by atoms with van der Waals surface area (Å²) in [5, 5.41) is 26.8. The maximum atomic E-state index is 12.4. The fourth-order valence-corrected chi connectivity index (χ4v) is 2.88. The Balaban J connectivity index is 1.92. The van der Waals surface area contributed by atoms with Gasteiger partial charge in [-0.25, -0.2) is 15.1 Å². The number of amides is 5. The van der Waals surface area contributed by atoms with Crippen LogP contribution in [0.5, 0.6) is 0 Å². The van der Waals surface area contributed by atoms with Crippen LogP contribution in [-0.4, -0.2) is 65.0 Å². The molecule has 0 unspecified atom stereocenters. The van der Waals surface area contributed by atoms with Crippen molar-refractivity contribution in [3.63, 3.8) is 0 Å². The Morgan fingerprint density at radius 1 is 0.897 bits per heavy atom. The van der Waals surface area contributed by atoms with E-state index in [1.165, 1.54) is 17.6 Å². The number of hydrogen-bond donors (Lipinski definition) is 7. The molecule has 0 saturated heterocycles. The third kappa shape index (κ3) is 11.2. The summed E-state index contributed by atoms with van der Waals surface area (Å²) in [6, 6.07) is 11.5. The fourth-order valence-electron chi connectivity index (χ4n) is 2.88. The molecule has 206 valence electrons. The minimum atomic E-state index is -1.39. The Hall–Kier alpha value is -5.09. The molecule has 0 spiro atoms. The Morgan fingerprint density at radius 3 is 1.97 bits per heavy atom. The van der Waals surface area contributed by atoms with Crippen LogP contribution in [0, 0.1) is 11.8 Å². The number of alkyl carbamates (subject to hydrolysis) is 1. The van der Waals surface area contributed by atoms with Crippen LogP contribution in [0.4, 0.5) is 15.3 Å². The lowest BCUT2D eigenvalue weighted by Crippen LogP contribution is -2.51. The molecule has 1 atom stereocenters. The quantitative estimate of drug-likeness (QED) is 0.149. The number of carbonyl (C=O) groups is 5. The van der Waals surface area contributed by atoms with E-state index < -0.39 is 48.1 Å². The minimum absolute atomic E-state index is 0.188. The first-order chi connectivity index (χ1) is 18.4. The monoisotopic (exact) mass is 539 g/mol. The zero-order valence-electron chi connectivity index (χ0n) is 21.5. The summed E-state index contributed by atoms with van der Waals surface area (Å²) >= 11 is 0. The zero-order valence-corrected chi connectivity index (χ0v) is 21.5. The molecule has 0 bridgehead atoms. The lowest BCUT2D eigenvalue weighted by molar-refractivity contribution is -0.131. The SMILES string of the molecule is CC(C)(C)OC(=O)NCC(=O)Nc1ccc(C#Cc2ccc(C(=O)N[C@@H](CNC(=O)O)C(=O)NO)cc2)cc1. The Morgan fingerprint density at radius 2 is 1.46 bits per heavy atom. The molecule has 2 rings (SSSR count). The highest BCUT2D eigenvalue weighted by Crippen LogP contribution is 2.10. The average molecular weight is 540 g/mol. The molecule has 0 aliphatic carbocycles. The van der Waals surface area contributed by atoms with E-state index in [1.54, 1.807) is 57.2 Å². The van der Waals surface area contributed by atoms with Gasteiger partial charge in [0.25, 0.3) is 11.8 Å². The predicted molar refractivity (Wildman–Crippen MR) is 139 cm³/mol. The zero-order chi connectivity index (χ0) is 29.0. The van der Waals surface area contributed by atoms with Gasteiger partial charge >= 0.3 is 12.2 Å². The summed E-state index contributed by atoms with van der Waals surface area (Å²) in [7, 11) is 0.